The zero-order valence-electron chi connectivity index (χ0n) is 10.5. The first-order valence-electron chi connectivity index (χ1n) is 5.66. The number of carboxylic acids is 1. The van der Waals surface area contributed by atoms with E-state index >= 15 is 0 Å². The van der Waals surface area contributed by atoms with Crippen molar-refractivity contribution in [1.29, 1.82) is 0 Å². The van der Waals surface area contributed by atoms with Crippen LogP contribution in [0.4, 0.5) is 0 Å². The Balaban J connectivity index is 0.00000137. The summed E-state index contributed by atoms with van der Waals surface area (Å²) in [6, 6.07) is 6.03. The predicted octanol–water partition coefficient (Wildman–Crippen LogP) is 3.14. The highest BCUT2D eigenvalue weighted by Crippen LogP contribution is 2.10. The maximum Gasteiger partial charge on any atom is 0.339 e. The molecule has 0 amide bonds. The minimum atomic E-state index is -1.12. The molecule has 0 atom stereocenters. The van der Waals surface area contributed by atoms with Crippen LogP contribution in [-0.2, 0) is 4.74 Å². The van der Waals surface area contributed by atoms with Crippen molar-refractivity contribution < 1.29 is 19.4 Å². The Hall–Kier alpha value is -2.10. The zero-order chi connectivity index (χ0) is 14.0. The first kappa shape index (κ1) is 15.9. The van der Waals surface area contributed by atoms with Crippen LogP contribution in [0.1, 0.15) is 40.5 Å². The standard InChI is InChI=1S/C12H14O4.C2H4/c1-2-3-8-16-12(15)10-7-5-4-6-9(10)11(13)14;1-2/h4-7H,2-3,8H2,1H3,(H,13,14);1-2H2. The van der Waals surface area contributed by atoms with E-state index in [1.165, 1.54) is 12.1 Å². The lowest BCUT2D eigenvalue weighted by atomic mass is 10.1. The molecule has 1 N–H and O–H groups in total. The van der Waals surface area contributed by atoms with Gasteiger partial charge in [-0.15, -0.1) is 13.2 Å². The van der Waals surface area contributed by atoms with Gasteiger partial charge in [0.25, 0.3) is 0 Å². The molecule has 0 aliphatic rings. The number of hydrogen-bond acceptors (Lipinski definition) is 3. The molecule has 18 heavy (non-hydrogen) atoms. The van der Waals surface area contributed by atoms with Crippen LogP contribution in [0, 0.1) is 0 Å². The van der Waals surface area contributed by atoms with Crippen molar-refractivity contribution in [3.05, 3.63) is 48.6 Å². The number of carboxylic acid groups (broad SMARTS) is 1. The van der Waals surface area contributed by atoms with Crippen molar-refractivity contribution in [2.45, 2.75) is 19.8 Å². The molecule has 0 aromatic heterocycles. The number of esters is 1. The minimum Gasteiger partial charge on any atom is -0.478 e. The Bertz CT molecular complexity index is 399. The highest BCUT2D eigenvalue weighted by Gasteiger charge is 2.16. The van der Waals surface area contributed by atoms with E-state index < -0.39 is 11.9 Å². The predicted molar refractivity (Wildman–Crippen MR) is 69.8 cm³/mol. The Morgan fingerprint density at radius 3 is 2.28 bits per heavy atom. The quantitative estimate of drug-likeness (QED) is 0.495. The fraction of sp³-hybridized carbons (Fsp3) is 0.286. The van der Waals surface area contributed by atoms with E-state index in [2.05, 4.69) is 13.2 Å². The van der Waals surface area contributed by atoms with Crippen LogP contribution in [0.15, 0.2) is 37.4 Å². The molecule has 0 aliphatic heterocycles. The summed E-state index contributed by atoms with van der Waals surface area (Å²) >= 11 is 0. The van der Waals surface area contributed by atoms with Gasteiger partial charge in [-0.1, -0.05) is 25.5 Å². The van der Waals surface area contributed by atoms with Crippen molar-refractivity contribution in [1.82, 2.24) is 0 Å². The van der Waals surface area contributed by atoms with Crippen LogP contribution in [-0.4, -0.2) is 23.7 Å². The zero-order valence-corrected chi connectivity index (χ0v) is 10.5. The monoisotopic (exact) mass is 250 g/mol. The lowest BCUT2D eigenvalue weighted by Gasteiger charge is -2.06. The molecule has 1 aromatic carbocycles. The summed E-state index contributed by atoms with van der Waals surface area (Å²) in [4.78, 5) is 22.4. The summed E-state index contributed by atoms with van der Waals surface area (Å²) in [6.07, 6.45) is 1.70. The second-order valence-corrected chi connectivity index (χ2v) is 3.34. The third-order valence-corrected chi connectivity index (χ3v) is 2.11. The van der Waals surface area contributed by atoms with Gasteiger partial charge in [0.1, 0.15) is 0 Å². The van der Waals surface area contributed by atoms with Gasteiger partial charge in [0.05, 0.1) is 17.7 Å². The van der Waals surface area contributed by atoms with Crippen LogP contribution in [0.2, 0.25) is 0 Å². The molecule has 1 rings (SSSR count). The number of hydrogen-bond donors (Lipinski definition) is 1. The van der Waals surface area contributed by atoms with Gasteiger partial charge >= 0.3 is 11.9 Å². The minimum absolute atomic E-state index is 0.0241. The SMILES string of the molecule is C=C.CCCCOC(=O)c1ccccc1C(=O)O. The summed E-state index contributed by atoms with van der Waals surface area (Å²) < 4.78 is 4.96. The Morgan fingerprint density at radius 1 is 1.22 bits per heavy atom. The third kappa shape index (κ3) is 4.82. The van der Waals surface area contributed by atoms with E-state index in [4.69, 9.17) is 9.84 Å². The van der Waals surface area contributed by atoms with Crippen LogP contribution in [0.25, 0.3) is 0 Å². The molecule has 98 valence electrons. The Morgan fingerprint density at radius 2 is 1.78 bits per heavy atom. The Kier molecular flexibility index (Phi) is 7.94. The number of unbranched alkanes of at least 4 members (excludes halogenated alkanes) is 1. The van der Waals surface area contributed by atoms with Gasteiger partial charge in [0, 0.05) is 0 Å². The molecule has 0 radical (unpaired) electrons. The van der Waals surface area contributed by atoms with Crippen molar-refractivity contribution in [3.63, 3.8) is 0 Å². The number of rotatable bonds is 5. The molecule has 0 saturated heterocycles. The molecular formula is C14H18O4. The first-order chi connectivity index (χ1) is 8.66. The van der Waals surface area contributed by atoms with Gasteiger partial charge in [-0.3, -0.25) is 0 Å². The molecule has 0 saturated carbocycles. The molecule has 0 aliphatic carbocycles. The average Bonchev–Trinajstić information content (AvgIpc) is 2.41. The van der Waals surface area contributed by atoms with Crippen LogP contribution < -0.4 is 0 Å². The average molecular weight is 250 g/mol. The van der Waals surface area contributed by atoms with Gasteiger partial charge in [-0.25, -0.2) is 9.59 Å². The smallest absolute Gasteiger partial charge is 0.339 e. The molecule has 0 heterocycles. The molecule has 0 spiro atoms. The van der Waals surface area contributed by atoms with Crippen molar-refractivity contribution in [2.24, 2.45) is 0 Å². The highest BCUT2D eigenvalue weighted by molar-refractivity contribution is 6.02. The molecule has 4 nitrogen and oxygen atoms in total. The molecule has 0 bridgehead atoms. The molecular weight excluding hydrogens is 232 g/mol. The van der Waals surface area contributed by atoms with E-state index in [0.717, 1.165) is 12.8 Å². The summed E-state index contributed by atoms with van der Waals surface area (Å²) in [7, 11) is 0. The number of aromatic carboxylic acids is 1. The molecule has 4 heteroatoms. The van der Waals surface area contributed by atoms with Crippen LogP contribution in [0.5, 0.6) is 0 Å². The fourth-order valence-corrected chi connectivity index (χ4v) is 1.23. The molecule has 0 unspecified atom stereocenters. The Labute approximate surface area is 107 Å². The van der Waals surface area contributed by atoms with Gasteiger partial charge in [-0.05, 0) is 18.6 Å². The molecule has 0 fully saturated rings. The normalized spacial score (nSPS) is 8.94. The van der Waals surface area contributed by atoms with Gasteiger partial charge < -0.3 is 9.84 Å². The largest absolute Gasteiger partial charge is 0.478 e. The van der Waals surface area contributed by atoms with Gasteiger partial charge in [0.15, 0.2) is 0 Å². The van der Waals surface area contributed by atoms with Gasteiger partial charge in [-0.2, -0.15) is 0 Å². The summed E-state index contributed by atoms with van der Waals surface area (Å²) in [5, 5.41) is 8.88. The number of benzene rings is 1. The summed E-state index contributed by atoms with van der Waals surface area (Å²) in [5.41, 5.74) is 0.0788. The van der Waals surface area contributed by atoms with E-state index in [1.807, 2.05) is 6.92 Å². The van der Waals surface area contributed by atoms with Crippen molar-refractivity contribution in [2.75, 3.05) is 6.61 Å². The summed E-state index contributed by atoms with van der Waals surface area (Å²) in [5.74, 6) is -1.70. The highest BCUT2D eigenvalue weighted by atomic mass is 16.5. The topological polar surface area (TPSA) is 63.6 Å². The lowest BCUT2D eigenvalue weighted by Crippen LogP contribution is -2.12. The molecule has 1 aromatic rings. The maximum atomic E-state index is 11.6. The van der Waals surface area contributed by atoms with E-state index in [0.29, 0.717) is 6.61 Å². The third-order valence-electron chi connectivity index (χ3n) is 2.11. The maximum absolute atomic E-state index is 11.6. The van der Waals surface area contributed by atoms with Crippen LogP contribution >= 0.6 is 0 Å². The first-order valence-corrected chi connectivity index (χ1v) is 5.66. The second-order valence-electron chi connectivity index (χ2n) is 3.34. The summed E-state index contributed by atoms with van der Waals surface area (Å²) in [6.45, 7) is 8.31. The number of carbonyl (C=O) groups excluding carboxylic acids is 1. The van der Waals surface area contributed by atoms with E-state index in [-0.39, 0.29) is 11.1 Å². The van der Waals surface area contributed by atoms with Crippen molar-refractivity contribution in [3.8, 4) is 0 Å². The van der Waals surface area contributed by atoms with Gasteiger partial charge in [0.2, 0.25) is 0 Å². The number of carbonyl (C=O) groups is 2. The second kappa shape index (κ2) is 8.98. The number of ether oxygens (including phenoxy) is 1. The van der Waals surface area contributed by atoms with Crippen LogP contribution in [0.3, 0.4) is 0 Å². The van der Waals surface area contributed by atoms with E-state index in [1.54, 1.807) is 12.1 Å². The fourth-order valence-electron chi connectivity index (χ4n) is 1.23. The van der Waals surface area contributed by atoms with E-state index in [9.17, 15) is 9.59 Å². The lowest BCUT2D eigenvalue weighted by molar-refractivity contribution is 0.0489. The van der Waals surface area contributed by atoms with Crippen molar-refractivity contribution >= 4 is 11.9 Å².